The van der Waals surface area contributed by atoms with E-state index in [1.165, 1.54) is 167 Å². The van der Waals surface area contributed by atoms with E-state index in [4.69, 9.17) is 14.2 Å². The minimum atomic E-state index is -0.788. The van der Waals surface area contributed by atoms with Gasteiger partial charge in [-0.1, -0.05) is 254 Å². The molecule has 6 heteroatoms. The van der Waals surface area contributed by atoms with Gasteiger partial charge >= 0.3 is 17.9 Å². The number of hydrogen-bond acceptors (Lipinski definition) is 6. The first-order valence-electron chi connectivity index (χ1n) is 30.9. The van der Waals surface area contributed by atoms with Crippen molar-refractivity contribution in [3.05, 3.63) is 72.9 Å². The first kappa shape index (κ1) is 68.8. The lowest BCUT2D eigenvalue weighted by molar-refractivity contribution is -0.167. The highest BCUT2D eigenvalue weighted by molar-refractivity contribution is 5.71. The Morgan fingerprint density at radius 2 is 0.542 bits per heavy atom. The second-order valence-electron chi connectivity index (χ2n) is 20.6. The SMILES string of the molecule is CC/C=C\C/C=C\C/C=C\CCCCCCCC(=O)OCC(COC(=O)CCCCCCCCCCC/C=C\C/C=C\CCCCCCC)OC(=O)CCCCCCCCC/C=C\CCCCCCCCC. The Morgan fingerprint density at radius 1 is 0.292 bits per heavy atom. The van der Waals surface area contributed by atoms with Crippen molar-refractivity contribution in [2.75, 3.05) is 13.2 Å². The van der Waals surface area contributed by atoms with E-state index >= 15 is 0 Å². The maximum atomic E-state index is 12.9. The summed E-state index contributed by atoms with van der Waals surface area (Å²) >= 11 is 0. The normalized spacial score (nSPS) is 12.5. The van der Waals surface area contributed by atoms with Crippen LogP contribution in [0.2, 0.25) is 0 Å². The van der Waals surface area contributed by atoms with Gasteiger partial charge in [-0.05, 0) is 109 Å². The molecule has 0 bridgehead atoms. The molecule has 0 aliphatic carbocycles. The molecule has 0 aliphatic rings. The minimum absolute atomic E-state index is 0.0840. The predicted octanol–water partition coefficient (Wildman–Crippen LogP) is 20.9. The van der Waals surface area contributed by atoms with Crippen LogP contribution in [0.1, 0.15) is 310 Å². The summed E-state index contributed by atoms with van der Waals surface area (Å²) in [5.41, 5.74) is 0. The van der Waals surface area contributed by atoms with Gasteiger partial charge in [0.05, 0.1) is 0 Å². The second kappa shape index (κ2) is 60.4. The minimum Gasteiger partial charge on any atom is -0.462 e. The number of carbonyl (C=O) groups excluding carboxylic acids is 3. The van der Waals surface area contributed by atoms with Crippen molar-refractivity contribution < 1.29 is 28.6 Å². The Bertz CT molecular complexity index is 1340. The topological polar surface area (TPSA) is 78.9 Å². The number of carbonyl (C=O) groups is 3. The van der Waals surface area contributed by atoms with Crippen molar-refractivity contribution in [1.82, 2.24) is 0 Å². The van der Waals surface area contributed by atoms with Gasteiger partial charge in [0.1, 0.15) is 13.2 Å². The lowest BCUT2D eigenvalue weighted by Crippen LogP contribution is -2.30. The predicted molar refractivity (Wildman–Crippen MR) is 311 cm³/mol. The Hall–Kier alpha value is -3.15. The van der Waals surface area contributed by atoms with Gasteiger partial charge in [0.15, 0.2) is 6.10 Å². The maximum absolute atomic E-state index is 12.9. The number of rotatable bonds is 56. The molecule has 0 heterocycles. The Morgan fingerprint density at radius 3 is 0.861 bits per heavy atom. The molecule has 6 nitrogen and oxygen atoms in total. The average molecular weight is 1010 g/mol. The highest BCUT2D eigenvalue weighted by Gasteiger charge is 2.19. The smallest absolute Gasteiger partial charge is 0.306 e. The second-order valence-corrected chi connectivity index (χ2v) is 20.6. The number of allylic oxidation sites excluding steroid dienone is 12. The number of ether oxygens (including phenoxy) is 3. The number of esters is 3. The van der Waals surface area contributed by atoms with Crippen LogP contribution in [0.3, 0.4) is 0 Å². The zero-order valence-electron chi connectivity index (χ0n) is 47.7. The third kappa shape index (κ3) is 57.7. The fourth-order valence-corrected chi connectivity index (χ4v) is 8.78. The highest BCUT2D eigenvalue weighted by Crippen LogP contribution is 2.16. The van der Waals surface area contributed by atoms with Crippen LogP contribution in [0, 0.1) is 0 Å². The molecule has 0 fully saturated rings. The first-order valence-corrected chi connectivity index (χ1v) is 30.9. The molecule has 0 aromatic rings. The summed E-state index contributed by atoms with van der Waals surface area (Å²) in [6, 6.07) is 0. The summed E-state index contributed by atoms with van der Waals surface area (Å²) < 4.78 is 16.9. The molecule has 0 spiro atoms. The molecule has 0 radical (unpaired) electrons. The molecule has 416 valence electrons. The van der Waals surface area contributed by atoms with Crippen LogP contribution >= 0.6 is 0 Å². The van der Waals surface area contributed by atoms with Crippen LogP contribution in [-0.2, 0) is 28.6 Å². The van der Waals surface area contributed by atoms with E-state index in [-0.39, 0.29) is 31.1 Å². The Kier molecular flexibility index (Phi) is 57.8. The van der Waals surface area contributed by atoms with E-state index in [0.717, 1.165) is 103 Å². The summed E-state index contributed by atoms with van der Waals surface area (Å²) in [5.74, 6) is -0.898. The first-order chi connectivity index (χ1) is 35.5. The Labute approximate surface area is 446 Å². The van der Waals surface area contributed by atoms with Crippen molar-refractivity contribution in [1.29, 1.82) is 0 Å². The van der Waals surface area contributed by atoms with Gasteiger partial charge in [-0.15, -0.1) is 0 Å². The van der Waals surface area contributed by atoms with Crippen LogP contribution < -0.4 is 0 Å². The molecular weight excluding hydrogens is 889 g/mol. The van der Waals surface area contributed by atoms with Crippen molar-refractivity contribution in [2.45, 2.75) is 316 Å². The zero-order valence-corrected chi connectivity index (χ0v) is 47.7. The van der Waals surface area contributed by atoms with Crippen molar-refractivity contribution in [3.8, 4) is 0 Å². The van der Waals surface area contributed by atoms with Crippen LogP contribution in [-0.4, -0.2) is 37.2 Å². The van der Waals surface area contributed by atoms with E-state index in [1.807, 2.05) is 0 Å². The molecule has 1 atom stereocenters. The summed E-state index contributed by atoms with van der Waals surface area (Å²) in [6.07, 6.45) is 77.5. The van der Waals surface area contributed by atoms with Gasteiger partial charge in [-0.3, -0.25) is 14.4 Å². The average Bonchev–Trinajstić information content (AvgIpc) is 3.38. The van der Waals surface area contributed by atoms with Crippen LogP contribution in [0.4, 0.5) is 0 Å². The van der Waals surface area contributed by atoms with Gasteiger partial charge in [-0.25, -0.2) is 0 Å². The van der Waals surface area contributed by atoms with Crippen LogP contribution in [0.25, 0.3) is 0 Å². The van der Waals surface area contributed by atoms with Crippen molar-refractivity contribution in [3.63, 3.8) is 0 Å². The lowest BCUT2D eigenvalue weighted by atomic mass is 10.1. The van der Waals surface area contributed by atoms with E-state index in [0.29, 0.717) is 19.3 Å². The highest BCUT2D eigenvalue weighted by atomic mass is 16.6. The molecule has 0 amide bonds. The third-order valence-electron chi connectivity index (χ3n) is 13.4. The number of unbranched alkanes of at least 4 members (excludes halogenated alkanes) is 33. The fourth-order valence-electron chi connectivity index (χ4n) is 8.78. The number of hydrogen-bond donors (Lipinski definition) is 0. The summed E-state index contributed by atoms with van der Waals surface area (Å²) in [4.78, 5) is 38.3. The summed E-state index contributed by atoms with van der Waals surface area (Å²) in [5, 5.41) is 0. The lowest BCUT2D eigenvalue weighted by Gasteiger charge is -2.18. The van der Waals surface area contributed by atoms with Crippen LogP contribution in [0.15, 0.2) is 72.9 Å². The van der Waals surface area contributed by atoms with E-state index in [1.54, 1.807) is 0 Å². The van der Waals surface area contributed by atoms with Gasteiger partial charge in [0, 0.05) is 19.3 Å². The molecule has 1 unspecified atom stereocenters. The molecule has 0 aliphatic heterocycles. The molecule has 0 saturated carbocycles. The molecule has 0 rings (SSSR count). The fraction of sp³-hybridized carbons (Fsp3) is 0.773. The largest absolute Gasteiger partial charge is 0.462 e. The Balaban J connectivity index is 4.38. The zero-order chi connectivity index (χ0) is 52.2. The molecule has 0 saturated heterocycles. The maximum Gasteiger partial charge on any atom is 0.306 e. The molecule has 72 heavy (non-hydrogen) atoms. The quantitative estimate of drug-likeness (QED) is 0.0261. The van der Waals surface area contributed by atoms with E-state index in [9.17, 15) is 14.4 Å². The molecule has 0 N–H and O–H groups in total. The standard InChI is InChI=1S/C66H116O6/c1-4-7-10-13-16-19-22-25-28-30-32-33-34-36-38-41-44-47-50-53-56-59-65(68)71-62-63(61-70-64(67)58-55-52-49-46-43-40-37-27-24-21-18-15-12-9-6-3)72-66(69)60-57-54-51-48-45-42-39-35-31-29-26-23-20-17-14-11-8-5-2/h9,12,18,21-22,25,27,29-32,37,63H,4-8,10-11,13-17,19-20,23-24,26,28,33-36,38-62H2,1-3H3/b12-9-,21-18-,25-22-,31-29-,32-30-,37-27-. The molecule has 0 aromatic carbocycles. The summed E-state index contributed by atoms with van der Waals surface area (Å²) in [7, 11) is 0. The third-order valence-corrected chi connectivity index (χ3v) is 13.4. The van der Waals surface area contributed by atoms with Crippen molar-refractivity contribution >= 4 is 17.9 Å². The monoisotopic (exact) mass is 1000 g/mol. The summed E-state index contributed by atoms with van der Waals surface area (Å²) in [6.45, 7) is 6.53. The van der Waals surface area contributed by atoms with Gasteiger partial charge < -0.3 is 14.2 Å². The van der Waals surface area contributed by atoms with Gasteiger partial charge in [0.2, 0.25) is 0 Å². The van der Waals surface area contributed by atoms with Crippen LogP contribution in [0.5, 0.6) is 0 Å². The molecular formula is C66H116O6. The van der Waals surface area contributed by atoms with E-state index in [2.05, 4.69) is 93.7 Å². The van der Waals surface area contributed by atoms with E-state index < -0.39 is 6.10 Å². The van der Waals surface area contributed by atoms with Gasteiger partial charge in [-0.2, -0.15) is 0 Å². The van der Waals surface area contributed by atoms with Crippen molar-refractivity contribution in [2.24, 2.45) is 0 Å². The van der Waals surface area contributed by atoms with Gasteiger partial charge in [0.25, 0.3) is 0 Å². The molecule has 0 aromatic heterocycles.